The summed E-state index contributed by atoms with van der Waals surface area (Å²) in [6.45, 7) is 3.27. The summed E-state index contributed by atoms with van der Waals surface area (Å²) in [5.41, 5.74) is 1.00. The van der Waals surface area contributed by atoms with Gasteiger partial charge in [-0.1, -0.05) is 32.1 Å². The van der Waals surface area contributed by atoms with E-state index in [0.29, 0.717) is 11.3 Å². The Hall–Kier alpha value is -3.83. The summed E-state index contributed by atoms with van der Waals surface area (Å²) in [5, 5.41) is 6.02. The second-order valence-electron chi connectivity index (χ2n) is 9.57. The van der Waals surface area contributed by atoms with Crippen LogP contribution in [0.3, 0.4) is 0 Å². The number of halogens is 3. The lowest BCUT2D eigenvalue weighted by atomic mass is 9.99. The number of aliphatic imine (C=N–C) groups is 1. The number of carbonyl (C=O) groups is 3. The number of amides is 2. The first-order valence-electron chi connectivity index (χ1n) is 12.4. The van der Waals surface area contributed by atoms with Crippen LogP contribution in [-0.2, 0) is 41.9 Å². The predicted molar refractivity (Wildman–Crippen MR) is 150 cm³/mol. The minimum atomic E-state index is -5.16. The lowest BCUT2D eigenvalue weighted by Crippen LogP contribution is -2.54. The lowest BCUT2D eigenvalue weighted by molar-refractivity contribution is -0.174. The van der Waals surface area contributed by atoms with Crippen molar-refractivity contribution in [3.05, 3.63) is 64.2 Å². The van der Waals surface area contributed by atoms with Crippen LogP contribution in [0.4, 0.5) is 18.9 Å². The summed E-state index contributed by atoms with van der Waals surface area (Å²) in [4.78, 5) is 41.1. The van der Waals surface area contributed by atoms with Gasteiger partial charge in [0.1, 0.15) is 6.04 Å². The van der Waals surface area contributed by atoms with Crippen LogP contribution in [0.1, 0.15) is 26.3 Å². The van der Waals surface area contributed by atoms with Gasteiger partial charge in [-0.2, -0.15) is 26.3 Å². The number of rotatable bonds is 12. The van der Waals surface area contributed by atoms with Gasteiger partial charge in [0.2, 0.25) is 11.8 Å². The molecule has 0 radical (unpaired) electrons. The summed E-state index contributed by atoms with van der Waals surface area (Å²) >= 11 is 0. The minimum Gasteiger partial charge on any atom is -0.344 e. The molecule has 228 valence electrons. The smallest absolute Gasteiger partial charge is 0.344 e. The molecule has 2 aliphatic heterocycles. The second kappa shape index (κ2) is 13.4. The molecule has 0 fully saturated rings. The molecule has 0 saturated carbocycles. The highest BCUT2D eigenvalue weighted by Gasteiger charge is 2.45. The molecule has 2 amide bonds. The van der Waals surface area contributed by atoms with Gasteiger partial charge in [0.15, 0.2) is 0 Å². The van der Waals surface area contributed by atoms with Crippen LogP contribution >= 0.6 is 0 Å². The van der Waals surface area contributed by atoms with Crippen molar-refractivity contribution in [3.8, 4) is 0 Å². The van der Waals surface area contributed by atoms with Gasteiger partial charge in [0.05, 0.1) is 41.6 Å². The molecular weight excluding hydrogens is 601 g/mol. The number of nitrogens with zero attached hydrogens (tertiary/aromatic N) is 2. The SMILES string of the molecule is CC(=O)Nc1ccc(CNS(=O)(=O)NC2=CN=CN(CC(=O)NC(C(=O)C(F)(F)F)C(C)C)C2C2=CC=CS2=O)cc1. The molecule has 42 heavy (non-hydrogen) atoms. The molecule has 2 aliphatic rings. The van der Waals surface area contributed by atoms with Gasteiger partial charge in [-0.3, -0.25) is 19.1 Å². The van der Waals surface area contributed by atoms with Crippen molar-refractivity contribution in [2.75, 3.05) is 11.9 Å². The number of nitrogens with one attached hydrogen (secondary N) is 4. The average molecular weight is 631 g/mol. The van der Waals surface area contributed by atoms with Crippen LogP contribution in [0.5, 0.6) is 0 Å². The van der Waals surface area contributed by atoms with Gasteiger partial charge < -0.3 is 15.5 Å². The number of alkyl halides is 3. The Morgan fingerprint density at radius 2 is 1.81 bits per heavy atom. The van der Waals surface area contributed by atoms with Crippen molar-refractivity contribution in [2.45, 2.75) is 45.6 Å². The molecule has 3 rings (SSSR count). The highest BCUT2D eigenvalue weighted by Crippen LogP contribution is 2.27. The molecule has 0 aromatic heterocycles. The Labute approximate surface area is 242 Å². The van der Waals surface area contributed by atoms with Gasteiger partial charge in [-0.25, -0.2) is 9.20 Å². The zero-order chi connectivity index (χ0) is 31.2. The maximum atomic E-state index is 13.0. The minimum absolute atomic E-state index is 0.0890. The molecule has 0 aliphatic carbocycles. The van der Waals surface area contributed by atoms with Crippen molar-refractivity contribution < 1.29 is 40.2 Å². The van der Waals surface area contributed by atoms with E-state index in [4.69, 9.17) is 0 Å². The predicted octanol–water partition coefficient (Wildman–Crippen LogP) is 1.56. The van der Waals surface area contributed by atoms with E-state index < -0.39 is 63.4 Å². The second-order valence-corrected chi connectivity index (χ2v) is 12.4. The van der Waals surface area contributed by atoms with Crippen LogP contribution in [0.2, 0.25) is 0 Å². The van der Waals surface area contributed by atoms with E-state index in [9.17, 15) is 40.2 Å². The first-order chi connectivity index (χ1) is 19.6. The normalized spacial score (nSPS) is 19.3. The fourth-order valence-electron chi connectivity index (χ4n) is 3.97. The molecule has 1 aromatic carbocycles. The number of allylic oxidation sites excluding steroid dienone is 2. The molecule has 4 N–H and O–H groups in total. The van der Waals surface area contributed by atoms with Gasteiger partial charge >= 0.3 is 6.18 Å². The van der Waals surface area contributed by atoms with Crippen LogP contribution in [0, 0.1) is 5.92 Å². The maximum Gasteiger partial charge on any atom is 0.452 e. The average Bonchev–Trinajstić information content (AvgIpc) is 3.30. The van der Waals surface area contributed by atoms with Crippen molar-refractivity contribution in [1.82, 2.24) is 19.7 Å². The van der Waals surface area contributed by atoms with E-state index in [1.165, 1.54) is 43.2 Å². The standard InChI is InChI=1S/C25H29F3N6O6S2/c1-15(2)22(24(37)25(26,27)28)32-21(36)13-34-14-29-12-19(23(34)20-5-4-10-41(20)38)33-42(39,40)30-11-17-6-8-18(9-7-17)31-16(3)35/h4-10,12,14-15,22-23,30,33H,11,13H2,1-3H3,(H,31,35)(H,32,36). The molecule has 3 atom stereocenters. The van der Waals surface area contributed by atoms with Crippen LogP contribution in [-0.4, -0.2) is 66.3 Å². The Bertz CT molecular complexity index is 1470. The molecule has 0 bridgehead atoms. The van der Waals surface area contributed by atoms with Crippen molar-refractivity contribution >= 4 is 50.6 Å². The number of Topliss-reactive ketones (excluding diaryl/α,β-unsaturated/α-hetero) is 1. The van der Waals surface area contributed by atoms with Gasteiger partial charge in [0.25, 0.3) is 16.0 Å². The topological polar surface area (TPSA) is 166 Å². The monoisotopic (exact) mass is 630 g/mol. The summed E-state index contributed by atoms with van der Waals surface area (Å²) in [6.07, 6.45) is 0.0744. The quantitative estimate of drug-likeness (QED) is 0.272. The van der Waals surface area contributed by atoms with E-state index >= 15 is 0 Å². The molecule has 2 heterocycles. The summed E-state index contributed by atoms with van der Waals surface area (Å²) in [5.74, 6) is -4.22. The van der Waals surface area contributed by atoms with E-state index in [1.54, 1.807) is 24.3 Å². The highest BCUT2D eigenvalue weighted by molar-refractivity contribution is 7.92. The van der Waals surface area contributed by atoms with E-state index in [-0.39, 0.29) is 23.1 Å². The Kier molecular flexibility index (Phi) is 10.5. The fraction of sp³-hybridized carbons (Fsp3) is 0.360. The third-order valence-corrected chi connectivity index (χ3v) is 8.14. The third kappa shape index (κ3) is 8.83. The summed E-state index contributed by atoms with van der Waals surface area (Å²) in [6, 6.07) is 3.42. The van der Waals surface area contributed by atoms with Gasteiger partial charge in [0, 0.05) is 29.5 Å². The third-order valence-electron chi connectivity index (χ3n) is 5.88. The van der Waals surface area contributed by atoms with Gasteiger partial charge in [-0.05, 0) is 29.7 Å². The van der Waals surface area contributed by atoms with Crippen molar-refractivity contribution in [1.29, 1.82) is 0 Å². The first-order valence-corrected chi connectivity index (χ1v) is 15.1. The first kappa shape index (κ1) is 32.7. The Morgan fingerprint density at radius 3 is 2.36 bits per heavy atom. The number of hydrogen-bond acceptors (Lipinski definition) is 8. The zero-order valence-electron chi connectivity index (χ0n) is 22.6. The maximum absolute atomic E-state index is 13.0. The van der Waals surface area contributed by atoms with Crippen LogP contribution in [0.15, 0.2) is 63.6 Å². The zero-order valence-corrected chi connectivity index (χ0v) is 24.3. The van der Waals surface area contributed by atoms with E-state index in [1.807, 2.05) is 0 Å². The molecule has 0 saturated heterocycles. The molecule has 0 spiro atoms. The highest BCUT2D eigenvalue weighted by atomic mass is 32.2. The molecule has 17 heteroatoms. The number of ketones is 1. The number of carbonyl (C=O) groups excluding carboxylic acids is 3. The Balaban J connectivity index is 1.75. The lowest BCUT2D eigenvalue weighted by Gasteiger charge is -2.34. The number of benzene rings is 1. The van der Waals surface area contributed by atoms with Crippen molar-refractivity contribution in [2.24, 2.45) is 10.9 Å². The molecule has 1 aromatic rings. The fourth-order valence-corrected chi connectivity index (χ4v) is 5.95. The molecule has 3 unspecified atom stereocenters. The van der Waals surface area contributed by atoms with Crippen LogP contribution in [0.25, 0.3) is 0 Å². The molecule has 12 nitrogen and oxygen atoms in total. The van der Waals surface area contributed by atoms with Crippen LogP contribution < -0.4 is 20.1 Å². The Morgan fingerprint density at radius 1 is 1.14 bits per heavy atom. The summed E-state index contributed by atoms with van der Waals surface area (Å²) < 4.78 is 82.3. The largest absolute Gasteiger partial charge is 0.452 e. The van der Waals surface area contributed by atoms with Gasteiger partial charge in [-0.15, -0.1) is 0 Å². The van der Waals surface area contributed by atoms with Crippen molar-refractivity contribution in [3.63, 3.8) is 0 Å². The van der Waals surface area contributed by atoms with E-state index in [2.05, 4.69) is 25.1 Å². The number of hydrogen-bond donors (Lipinski definition) is 4. The van der Waals surface area contributed by atoms with E-state index in [0.717, 1.165) is 12.5 Å². The summed E-state index contributed by atoms with van der Waals surface area (Å²) in [7, 11) is -5.96. The molecular formula is C25H29F3N6O6S2. The number of anilines is 1.